The first kappa shape index (κ1) is 29.0. The summed E-state index contributed by atoms with van der Waals surface area (Å²) < 4.78 is 13.3. The molecule has 0 spiro atoms. The van der Waals surface area contributed by atoms with E-state index in [1.54, 1.807) is 50.3 Å². The Kier molecular flexibility index (Phi) is 8.37. The number of nitrogens with zero attached hydrogens (tertiary/aromatic N) is 3. The Bertz CT molecular complexity index is 1890. The van der Waals surface area contributed by atoms with E-state index in [1.165, 1.54) is 28.0 Å². The molecule has 9 nitrogen and oxygen atoms in total. The number of fused-ring (bicyclic) bond motifs is 1. The Labute approximate surface area is 249 Å². The van der Waals surface area contributed by atoms with Gasteiger partial charge in [0, 0.05) is 22.7 Å². The van der Waals surface area contributed by atoms with E-state index >= 15 is 0 Å². The number of benzene rings is 3. The zero-order valence-electron chi connectivity index (χ0n) is 23.0. The molecule has 0 radical (unpaired) electrons. The highest BCUT2D eigenvalue weighted by atomic mass is 35.5. The molecule has 1 aliphatic heterocycles. The van der Waals surface area contributed by atoms with Gasteiger partial charge >= 0.3 is 5.97 Å². The van der Waals surface area contributed by atoms with E-state index in [1.807, 2.05) is 31.2 Å². The van der Waals surface area contributed by atoms with Crippen LogP contribution in [0, 0.1) is 17.0 Å². The second-order valence-electron chi connectivity index (χ2n) is 9.61. The van der Waals surface area contributed by atoms with Gasteiger partial charge < -0.3 is 9.47 Å². The average Bonchev–Trinajstić information content (AvgIpc) is 3.26. The van der Waals surface area contributed by atoms with Crippen molar-refractivity contribution in [2.45, 2.75) is 33.4 Å². The van der Waals surface area contributed by atoms with E-state index in [2.05, 4.69) is 4.99 Å². The molecule has 4 aromatic rings. The van der Waals surface area contributed by atoms with Crippen molar-refractivity contribution in [3.05, 3.63) is 135 Å². The number of rotatable bonds is 8. The predicted octanol–water partition coefficient (Wildman–Crippen LogP) is 5.25. The summed E-state index contributed by atoms with van der Waals surface area (Å²) in [5, 5.41) is 11.4. The molecule has 214 valence electrons. The van der Waals surface area contributed by atoms with Crippen LogP contribution in [-0.2, 0) is 16.1 Å². The van der Waals surface area contributed by atoms with E-state index in [0.717, 1.165) is 16.7 Å². The van der Waals surface area contributed by atoms with Gasteiger partial charge in [0.2, 0.25) is 0 Å². The number of non-ortho nitro benzene ring substituents is 1. The quantitative estimate of drug-likeness (QED) is 0.154. The number of nitro groups is 1. The number of thiazole rings is 1. The molecule has 0 aliphatic carbocycles. The minimum Gasteiger partial charge on any atom is -0.488 e. The van der Waals surface area contributed by atoms with Gasteiger partial charge in [-0.05, 0) is 68.3 Å². The Morgan fingerprint density at radius 3 is 2.50 bits per heavy atom. The summed E-state index contributed by atoms with van der Waals surface area (Å²) in [6.45, 7) is 5.78. The van der Waals surface area contributed by atoms with Crippen molar-refractivity contribution in [2.75, 3.05) is 6.61 Å². The fourth-order valence-electron chi connectivity index (χ4n) is 4.64. The van der Waals surface area contributed by atoms with Crippen LogP contribution in [0.2, 0.25) is 5.02 Å². The Balaban J connectivity index is 1.57. The smallest absolute Gasteiger partial charge is 0.338 e. The highest BCUT2D eigenvalue weighted by molar-refractivity contribution is 7.07. The third-order valence-corrected chi connectivity index (χ3v) is 7.93. The Morgan fingerprint density at radius 1 is 1.12 bits per heavy atom. The summed E-state index contributed by atoms with van der Waals surface area (Å²) in [5.41, 5.74) is 3.60. The van der Waals surface area contributed by atoms with Gasteiger partial charge in [-0.2, -0.15) is 0 Å². The molecule has 1 atom stereocenters. The fourth-order valence-corrected chi connectivity index (χ4v) is 5.85. The van der Waals surface area contributed by atoms with Crippen molar-refractivity contribution >= 4 is 40.7 Å². The number of aromatic nitrogens is 1. The van der Waals surface area contributed by atoms with Crippen LogP contribution in [0.5, 0.6) is 5.75 Å². The standard InChI is InChI=1S/C31H26ClN3O6S/c1-4-40-30(37)27-19(3)33-31-34(28(27)21-9-5-18(2)6-10-21)29(36)26(42-31)16-22-15-23(32)11-14-25(22)41-17-20-7-12-24(13-8-20)35(38)39/h5-16,28H,4,17H2,1-3H3/b26-16-/t28-/m0/s1. The molecule has 0 saturated heterocycles. The number of carbonyl (C=O) groups excluding carboxylic acids is 1. The van der Waals surface area contributed by atoms with Crippen LogP contribution in [0.25, 0.3) is 6.08 Å². The highest BCUT2D eigenvalue weighted by Gasteiger charge is 2.33. The largest absolute Gasteiger partial charge is 0.488 e. The van der Waals surface area contributed by atoms with Gasteiger partial charge in [-0.1, -0.05) is 52.8 Å². The second-order valence-corrected chi connectivity index (χ2v) is 11.1. The van der Waals surface area contributed by atoms with Crippen molar-refractivity contribution in [3.8, 4) is 5.75 Å². The molecule has 42 heavy (non-hydrogen) atoms. The molecule has 5 rings (SSSR count). The van der Waals surface area contributed by atoms with E-state index in [-0.39, 0.29) is 24.5 Å². The number of hydrogen-bond acceptors (Lipinski definition) is 8. The highest BCUT2D eigenvalue weighted by Crippen LogP contribution is 2.31. The first-order valence-electron chi connectivity index (χ1n) is 13.1. The van der Waals surface area contributed by atoms with E-state index in [4.69, 9.17) is 21.1 Å². The minimum absolute atomic E-state index is 0.00778. The van der Waals surface area contributed by atoms with Gasteiger partial charge in [-0.25, -0.2) is 9.79 Å². The monoisotopic (exact) mass is 603 g/mol. The van der Waals surface area contributed by atoms with Crippen LogP contribution < -0.4 is 19.6 Å². The van der Waals surface area contributed by atoms with E-state index in [0.29, 0.717) is 36.9 Å². The Hall–Kier alpha value is -4.54. The van der Waals surface area contributed by atoms with E-state index < -0.39 is 16.9 Å². The maximum Gasteiger partial charge on any atom is 0.338 e. The molecule has 0 amide bonds. The third-order valence-electron chi connectivity index (χ3n) is 6.71. The first-order valence-corrected chi connectivity index (χ1v) is 14.3. The molecular weight excluding hydrogens is 578 g/mol. The van der Waals surface area contributed by atoms with Crippen LogP contribution in [0.3, 0.4) is 0 Å². The number of halogens is 1. The van der Waals surface area contributed by atoms with Gasteiger partial charge in [0.05, 0.1) is 33.4 Å². The van der Waals surface area contributed by atoms with Crippen LogP contribution in [0.15, 0.2) is 87.8 Å². The molecule has 1 aliphatic rings. The summed E-state index contributed by atoms with van der Waals surface area (Å²) >= 11 is 7.51. The first-order chi connectivity index (χ1) is 20.2. The summed E-state index contributed by atoms with van der Waals surface area (Å²) in [6, 6.07) is 18.1. The SMILES string of the molecule is CCOC(=O)C1=C(C)N=c2s/c(=C\c3cc(Cl)ccc3OCc3ccc([N+](=O)[O-])cc3)c(=O)n2[C@H]1c1ccc(C)cc1. The zero-order chi connectivity index (χ0) is 30.0. The van der Waals surface area contributed by atoms with Crippen LogP contribution in [0.4, 0.5) is 5.69 Å². The van der Waals surface area contributed by atoms with Crippen molar-refractivity contribution in [3.63, 3.8) is 0 Å². The van der Waals surface area contributed by atoms with Gasteiger partial charge in [0.1, 0.15) is 12.4 Å². The van der Waals surface area contributed by atoms with Crippen molar-refractivity contribution < 1.29 is 19.2 Å². The minimum atomic E-state index is -0.708. The molecule has 0 unspecified atom stereocenters. The van der Waals surface area contributed by atoms with E-state index in [9.17, 15) is 19.7 Å². The lowest BCUT2D eigenvalue weighted by molar-refractivity contribution is -0.384. The number of carbonyl (C=O) groups is 1. The molecule has 3 aromatic carbocycles. The van der Waals surface area contributed by atoms with Gasteiger partial charge in [0.15, 0.2) is 4.80 Å². The van der Waals surface area contributed by atoms with Gasteiger partial charge in [-0.3, -0.25) is 19.5 Å². The van der Waals surface area contributed by atoms with Crippen molar-refractivity contribution in [1.82, 2.24) is 4.57 Å². The zero-order valence-corrected chi connectivity index (χ0v) is 24.6. The lowest BCUT2D eigenvalue weighted by Gasteiger charge is -2.24. The average molecular weight is 604 g/mol. The summed E-state index contributed by atoms with van der Waals surface area (Å²) in [4.78, 5) is 42.6. The third kappa shape index (κ3) is 5.90. The number of ether oxygens (including phenoxy) is 2. The second kappa shape index (κ2) is 12.1. The molecule has 0 bridgehead atoms. The number of hydrogen-bond donors (Lipinski definition) is 0. The topological polar surface area (TPSA) is 113 Å². The molecule has 11 heteroatoms. The molecule has 1 aromatic heterocycles. The summed E-state index contributed by atoms with van der Waals surface area (Å²) in [7, 11) is 0. The Morgan fingerprint density at radius 2 is 1.83 bits per heavy atom. The maximum atomic E-state index is 13.9. The molecule has 0 saturated carbocycles. The van der Waals surface area contributed by atoms with Crippen LogP contribution in [-0.4, -0.2) is 22.1 Å². The predicted molar refractivity (Wildman–Crippen MR) is 160 cm³/mol. The lowest BCUT2D eigenvalue weighted by atomic mass is 9.95. The van der Waals surface area contributed by atoms with Crippen molar-refractivity contribution in [2.24, 2.45) is 4.99 Å². The lowest BCUT2D eigenvalue weighted by Crippen LogP contribution is -2.39. The maximum absolute atomic E-state index is 13.9. The number of allylic oxidation sites excluding steroid dienone is 1. The normalized spacial score (nSPS) is 14.8. The molecule has 0 fully saturated rings. The van der Waals surface area contributed by atoms with Crippen molar-refractivity contribution in [1.29, 1.82) is 0 Å². The van der Waals surface area contributed by atoms with Crippen LogP contribution in [0.1, 0.15) is 42.1 Å². The number of esters is 1. The molecular formula is C31H26ClN3O6S. The van der Waals surface area contributed by atoms with Gasteiger partial charge in [0.25, 0.3) is 11.2 Å². The number of aryl methyl sites for hydroxylation is 1. The molecule has 2 heterocycles. The fraction of sp³-hybridized carbons (Fsp3) is 0.194. The van der Waals surface area contributed by atoms with Gasteiger partial charge in [-0.15, -0.1) is 0 Å². The number of nitro benzene ring substituents is 1. The van der Waals surface area contributed by atoms with Crippen LogP contribution >= 0.6 is 22.9 Å². The summed E-state index contributed by atoms with van der Waals surface area (Å²) in [6.07, 6.45) is 1.69. The summed E-state index contributed by atoms with van der Waals surface area (Å²) in [5.74, 6) is -0.0440. The molecule has 0 N–H and O–H groups in total.